The van der Waals surface area contributed by atoms with Crippen LogP contribution in [0.15, 0.2) is 60.7 Å². The fraction of sp³-hybridized carbons (Fsp3) is 0.160. The van der Waals surface area contributed by atoms with Crippen LogP contribution < -0.4 is 10.1 Å². The average Bonchev–Trinajstić information content (AvgIpc) is 3.05. The summed E-state index contributed by atoms with van der Waals surface area (Å²) in [6.45, 7) is 1.73. The molecule has 3 aromatic carbocycles. The Morgan fingerprint density at radius 2 is 1.85 bits per heavy atom. The molecule has 1 aromatic heterocycles. The predicted molar refractivity (Wildman–Crippen MR) is 124 cm³/mol. The second-order valence-electron chi connectivity index (χ2n) is 7.58. The predicted octanol–water partition coefficient (Wildman–Crippen LogP) is 5.55. The quantitative estimate of drug-likeness (QED) is 0.363. The first-order chi connectivity index (χ1) is 15.8. The van der Waals surface area contributed by atoms with Crippen LogP contribution in [0.1, 0.15) is 21.6 Å². The Labute approximate surface area is 194 Å². The number of halogens is 3. The Morgan fingerprint density at radius 1 is 1.12 bits per heavy atom. The van der Waals surface area contributed by atoms with E-state index in [9.17, 15) is 18.7 Å². The lowest BCUT2D eigenvalue weighted by Gasteiger charge is -2.15. The van der Waals surface area contributed by atoms with Crippen molar-refractivity contribution in [1.29, 1.82) is 0 Å². The van der Waals surface area contributed by atoms with Crippen molar-refractivity contribution in [2.24, 2.45) is 0 Å². The Morgan fingerprint density at radius 3 is 2.52 bits per heavy atom. The number of nitrogens with one attached hydrogen (secondary N) is 1. The largest absolute Gasteiger partial charge is 0.497 e. The molecule has 0 saturated heterocycles. The zero-order valence-electron chi connectivity index (χ0n) is 17.9. The zero-order chi connectivity index (χ0) is 23.7. The maximum Gasteiger partial charge on any atom is 0.265 e. The molecule has 0 aliphatic heterocycles. The monoisotopic (exact) mass is 470 g/mol. The normalized spacial score (nSPS) is 12.1. The first-order valence-corrected chi connectivity index (χ1v) is 10.5. The molecule has 1 unspecified atom stereocenters. The van der Waals surface area contributed by atoms with E-state index in [4.69, 9.17) is 16.3 Å². The van der Waals surface area contributed by atoms with Crippen molar-refractivity contribution in [2.45, 2.75) is 19.6 Å². The molecule has 0 spiro atoms. The molecule has 0 bridgehead atoms. The van der Waals surface area contributed by atoms with E-state index in [0.29, 0.717) is 33.6 Å². The molecule has 0 amide bonds. The summed E-state index contributed by atoms with van der Waals surface area (Å²) in [6, 6.07) is 14.7. The highest BCUT2D eigenvalue weighted by molar-refractivity contribution is 6.30. The summed E-state index contributed by atoms with van der Waals surface area (Å²) in [7, 11) is 1.53. The van der Waals surface area contributed by atoms with Gasteiger partial charge < -0.3 is 15.2 Å². The number of carbonyl (C=O) groups is 1. The maximum atomic E-state index is 14.5. The Kier molecular flexibility index (Phi) is 6.35. The van der Waals surface area contributed by atoms with Crippen LogP contribution in [0.5, 0.6) is 5.75 Å². The van der Waals surface area contributed by atoms with Gasteiger partial charge in [-0.2, -0.15) is 0 Å². The minimum Gasteiger partial charge on any atom is -0.497 e. The summed E-state index contributed by atoms with van der Waals surface area (Å²) >= 11 is 5.84. The van der Waals surface area contributed by atoms with Gasteiger partial charge in [-0.1, -0.05) is 11.6 Å². The smallest absolute Gasteiger partial charge is 0.265 e. The number of fused-ring (bicyclic) bond motifs is 1. The summed E-state index contributed by atoms with van der Waals surface area (Å²) < 4.78 is 34.4. The van der Waals surface area contributed by atoms with Crippen molar-refractivity contribution >= 4 is 34.1 Å². The van der Waals surface area contributed by atoms with Crippen molar-refractivity contribution in [3.05, 3.63) is 94.1 Å². The SMILES string of the molecule is COc1ccc2c(c1)c(CC(O)Nc1ccc(F)cc1)c(C)n2C(=O)c1ccc(Cl)cc1F. The number of aliphatic hydroxyl groups is 1. The van der Waals surface area contributed by atoms with Crippen LogP contribution in [-0.2, 0) is 6.42 Å². The molecular formula is C25H21ClF2N2O3. The van der Waals surface area contributed by atoms with Crippen LogP contribution >= 0.6 is 11.6 Å². The summed E-state index contributed by atoms with van der Waals surface area (Å²) in [5, 5.41) is 14.5. The van der Waals surface area contributed by atoms with Gasteiger partial charge in [-0.05, 0) is 73.2 Å². The van der Waals surface area contributed by atoms with Gasteiger partial charge >= 0.3 is 0 Å². The maximum absolute atomic E-state index is 14.5. The van der Waals surface area contributed by atoms with Gasteiger partial charge in [0.15, 0.2) is 0 Å². The lowest BCUT2D eigenvalue weighted by Crippen LogP contribution is -2.22. The van der Waals surface area contributed by atoms with Crippen molar-refractivity contribution in [1.82, 2.24) is 4.57 Å². The Hall–Kier alpha value is -3.42. The summed E-state index contributed by atoms with van der Waals surface area (Å²) in [4.78, 5) is 13.3. The number of benzene rings is 3. The Bertz CT molecular complexity index is 1340. The van der Waals surface area contributed by atoms with Crippen LogP contribution in [0.4, 0.5) is 14.5 Å². The second-order valence-corrected chi connectivity index (χ2v) is 8.02. The topological polar surface area (TPSA) is 63.5 Å². The molecule has 1 heterocycles. The molecule has 1 atom stereocenters. The summed E-state index contributed by atoms with van der Waals surface area (Å²) in [5.41, 5.74) is 2.22. The Balaban J connectivity index is 1.76. The van der Waals surface area contributed by atoms with E-state index in [2.05, 4.69) is 5.32 Å². The van der Waals surface area contributed by atoms with Gasteiger partial charge in [0.2, 0.25) is 0 Å². The highest BCUT2D eigenvalue weighted by atomic mass is 35.5. The third-order valence-electron chi connectivity index (χ3n) is 5.48. The van der Waals surface area contributed by atoms with E-state index in [-0.39, 0.29) is 22.8 Å². The number of hydrogen-bond acceptors (Lipinski definition) is 4. The fourth-order valence-corrected chi connectivity index (χ4v) is 4.03. The van der Waals surface area contributed by atoms with Crippen LogP contribution in [0.2, 0.25) is 5.02 Å². The van der Waals surface area contributed by atoms with Gasteiger partial charge in [-0.3, -0.25) is 9.36 Å². The van der Waals surface area contributed by atoms with E-state index in [1.807, 2.05) is 0 Å². The molecule has 8 heteroatoms. The number of methoxy groups -OCH3 is 1. The first-order valence-electron chi connectivity index (χ1n) is 10.2. The van der Waals surface area contributed by atoms with Gasteiger partial charge in [0.05, 0.1) is 18.2 Å². The van der Waals surface area contributed by atoms with E-state index >= 15 is 0 Å². The van der Waals surface area contributed by atoms with Crippen molar-refractivity contribution in [3.63, 3.8) is 0 Å². The van der Waals surface area contributed by atoms with Gasteiger partial charge in [-0.15, -0.1) is 0 Å². The standard InChI is InChI=1S/C25H21ClF2N2O3/c1-14-20(13-24(31)29-17-6-4-16(27)5-7-17)21-12-18(33-2)8-10-23(21)30(14)25(32)19-9-3-15(26)11-22(19)28/h3-12,24,29,31H,13H2,1-2H3. The molecule has 0 aliphatic rings. The molecular weight excluding hydrogens is 450 g/mol. The van der Waals surface area contributed by atoms with Crippen LogP contribution in [0, 0.1) is 18.6 Å². The van der Waals surface area contributed by atoms with Gasteiger partial charge in [-0.25, -0.2) is 8.78 Å². The molecule has 5 nitrogen and oxygen atoms in total. The number of nitrogens with zero attached hydrogens (tertiary/aromatic N) is 1. The first kappa shape index (κ1) is 22.8. The number of rotatable bonds is 6. The highest BCUT2D eigenvalue weighted by Crippen LogP contribution is 2.32. The number of aromatic nitrogens is 1. The van der Waals surface area contributed by atoms with E-state index in [1.165, 1.54) is 48.1 Å². The molecule has 2 N–H and O–H groups in total. The molecule has 4 rings (SSSR count). The molecule has 0 aliphatic carbocycles. The van der Waals surface area contributed by atoms with Crippen LogP contribution in [0.3, 0.4) is 0 Å². The van der Waals surface area contributed by atoms with E-state index in [1.54, 1.807) is 25.1 Å². The summed E-state index contributed by atoms with van der Waals surface area (Å²) in [5.74, 6) is -1.08. The number of carbonyl (C=O) groups excluding carboxylic acids is 1. The molecule has 0 radical (unpaired) electrons. The average molecular weight is 471 g/mol. The molecule has 170 valence electrons. The van der Waals surface area contributed by atoms with Crippen LogP contribution in [0.25, 0.3) is 10.9 Å². The number of aliphatic hydroxyl groups excluding tert-OH is 1. The molecule has 4 aromatic rings. The number of ether oxygens (including phenoxy) is 1. The summed E-state index contributed by atoms with van der Waals surface area (Å²) in [6.07, 6.45) is -0.891. The van der Waals surface area contributed by atoms with Gasteiger partial charge in [0.1, 0.15) is 23.6 Å². The van der Waals surface area contributed by atoms with E-state index < -0.39 is 18.0 Å². The minimum atomic E-state index is -1.03. The van der Waals surface area contributed by atoms with Gasteiger partial charge in [0.25, 0.3) is 5.91 Å². The van der Waals surface area contributed by atoms with Crippen molar-refractivity contribution < 1.29 is 23.4 Å². The molecule has 33 heavy (non-hydrogen) atoms. The number of hydrogen-bond donors (Lipinski definition) is 2. The lowest BCUT2D eigenvalue weighted by molar-refractivity contribution is 0.0958. The van der Waals surface area contributed by atoms with Gasteiger partial charge in [0, 0.05) is 28.2 Å². The molecule has 0 saturated carbocycles. The fourth-order valence-electron chi connectivity index (χ4n) is 3.87. The van der Waals surface area contributed by atoms with E-state index in [0.717, 1.165) is 6.07 Å². The second kappa shape index (κ2) is 9.21. The number of anilines is 1. The third-order valence-corrected chi connectivity index (χ3v) is 5.72. The van der Waals surface area contributed by atoms with Crippen molar-refractivity contribution in [2.75, 3.05) is 12.4 Å². The minimum absolute atomic E-state index is 0.119. The van der Waals surface area contributed by atoms with Crippen LogP contribution in [-0.4, -0.2) is 28.9 Å². The zero-order valence-corrected chi connectivity index (χ0v) is 18.7. The van der Waals surface area contributed by atoms with Crippen molar-refractivity contribution in [3.8, 4) is 5.75 Å². The lowest BCUT2D eigenvalue weighted by atomic mass is 10.1. The highest BCUT2D eigenvalue weighted by Gasteiger charge is 2.24. The third kappa shape index (κ3) is 4.55. The molecule has 0 fully saturated rings.